The zero-order valence-electron chi connectivity index (χ0n) is 11.4. The van der Waals surface area contributed by atoms with Gasteiger partial charge >= 0.3 is 0 Å². The number of pyridine rings is 1. The van der Waals surface area contributed by atoms with E-state index in [1.54, 1.807) is 6.20 Å². The van der Waals surface area contributed by atoms with Gasteiger partial charge in [0.1, 0.15) is 5.82 Å². The van der Waals surface area contributed by atoms with Gasteiger partial charge in [0.05, 0.1) is 16.6 Å². The molecule has 1 aliphatic carbocycles. The first-order valence-corrected chi connectivity index (χ1v) is 7.27. The van der Waals surface area contributed by atoms with Crippen LogP contribution in [-0.4, -0.2) is 14.5 Å². The van der Waals surface area contributed by atoms with Crippen LogP contribution in [0.2, 0.25) is 0 Å². The molecule has 1 aromatic carbocycles. The van der Waals surface area contributed by atoms with Crippen LogP contribution in [0.4, 0.5) is 0 Å². The Bertz CT molecular complexity index is 930. The number of rotatable bonds is 1. The van der Waals surface area contributed by atoms with Gasteiger partial charge in [0.2, 0.25) is 0 Å². The quantitative estimate of drug-likeness (QED) is 0.685. The highest BCUT2D eigenvalue weighted by molar-refractivity contribution is 5.83. The summed E-state index contributed by atoms with van der Waals surface area (Å²) in [5, 5.41) is 0.708. The summed E-state index contributed by atoms with van der Waals surface area (Å²) in [6, 6.07) is 11.7. The van der Waals surface area contributed by atoms with Crippen LogP contribution in [0, 0.1) is 5.92 Å². The molecular formula is C17H13N3O. The standard InChI is InChI=1S/C17H13N3O/c21-17-12-5-4-10(14-3-1-2-6-18-14)8-15(12)19-16-13-7-11(13)9-20(16)17/h1-6,8,11,13H,7,9H2. The van der Waals surface area contributed by atoms with Crippen molar-refractivity contribution in [3.8, 4) is 11.3 Å². The Balaban J connectivity index is 1.76. The third-order valence-corrected chi connectivity index (χ3v) is 4.62. The molecule has 2 unspecified atom stereocenters. The van der Waals surface area contributed by atoms with E-state index in [4.69, 9.17) is 4.98 Å². The Morgan fingerprint density at radius 1 is 1.19 bits per heavy atom. The van der Waals surface area contributed by atoms with Crippen molar-refractivity contribution in [3.05, 3.63) is 58.8 Å². The molecule has 0 bridgehead atoms. The number of fused-ring (bicyclic) bond motifs is 4. The lowest BCUT2D eigenvalue weighted by molar-refractivity contribution is 0.642. The summed E-state index contributed by atoms with van der Waals surface area (Å²) in [5.74, 6) is 2.15. The lowest BCUT2D eigenvalue weighted by atomic mass is 10.1. The maximum absolute atomic E-state index is 12.5. The highest BCUT2D eigenvalue weighted by Gasteiger charge is 2.47. The van der Waals surface area contributed by atoms with Gasteiger partial charge in [-0.25, -0.2) is 4.98 Å². The van der Waals surface area contributed by atoms with Crippen LogP contribution in [0.25, 0.3) is 22.2 Å². The van der Waals surface area contributed by atoms with E-state index in [0.717, 1.165) is 29.1 Å². The van der Waals surface area contributed by atoms with Crippen molar-refractivity contribution in [2.24, 2.45) is 5.92 Å². The molecule has 102 valence electrons. The molecule has 3 heterocycles. The molecule has 3 aromatic rings. The van der Waals surface area contributed by atoms with Gasteiger partial charge in [-0.15, -0.1) is 0 Å². The van der Waals surface area contributed by atoms with Gasteiger partial charge < -0.3 is 0 Å². The van der Waals surface area contributed by atoms with Crippen molar-refractivity contribution in [3.63, 3.8) is 0 Å². The van der Waals surface area contributed by atoms with Crippen LogP contribution >= 0.6 is 0 Å². The van der Waals surface area contributed by atoms with E-state index < -0.39 is 0 Å². The Hall–Kier alpha value is -2.49. The number of nitrogens with zero attached hydrogens (tertiary/aromatic N) is 3. The van der Waals surface area contributed by atoms with Crippen molar-refractivity contribution in [1.82, 2.24) is 14.5 Å². The molecule has 0 N–H and O–H groups in total. The SMILES string of the molecule is O=c1c2ccc(-c3ccccn3)cc2nc2n1CC1CC21. The summed E-state index contributed by atoms with van der Waals surface area (Å²) in [4.78, 5) is 21.7. The molecular weight excluding hydrogens is 262 g/mol. The van der Waals surface area contributed by atoms with Crippen molar-refractivity contribution in [2.75, 3.05) is 0 Å². The monoisotopic (exact) mass is 275 g/mol. The van der Waals surface area contributed by atoms with Gasteiger partial charge in [-0.1, -0.05) is 12.1 Å². The van der Waals surface area contributed by atoms with Crippen LogP contribution in [0.5, 0.6) is 0 Å². The van der Waals surface area contributed by atoms with Gasteiger partial charge in [-0.05, 0) is 36.6 Å². The third-order valence-electron chi connectivity index (χ3n) is 4.62. The molecule has 4 nitrogen and oxygen atoms in total. The molecule has 4 heteroatoms. The highest BCUT2D eigenvalue weighted by atomic mass is 16.1. The maximum Gasteiger partial charge on any atom is 0.261 e. The summed E-state index contributed by atoms with van der Waals surface area (Å²) in [5.41, 5.74) is 2.81. The molecule has 0 saturated heterocycles. The van der Waals surface area contributed by atoms with E-state index in [1.807, 2.05) is 41.0 Å². The van der Waals surface area contributed by atoms with E-state index >= 15 is 0 Å². The molecule has 0 spiro atoms. The molecule has 5 rings (SSSR count). The summed E-state index contributed by atoms with van der Waals surface area (Å²) in [7, 11) is 0. The number of hydrogen-bond acceptors (Lipinski definition) is 3. The molecule has 2 atom stereocenters. The number of hydrogen-bond donors (Lipinski definition) is 0. The Labute approximate surface area is 121 Å². The Kier molecular flexibility index (Phi) is 2.02. The fraction of sp³-hybridized carbons (Fsp3) is 0.235. The molecule has 2 aromatic heterocycles. The largest absolute Gasteiger partial charge is 0.296 e. The summed E-state index contributed by atoms with van der Waals surface area (Å²) < 4.78 is 1.86. The molecule has 21 heavy (non-hydrogen) atoms. The topological polar surface area (TPSA) is 47.8 Å². The van der Waals surface area contributed by atoms with Crippen LogP contribution in [0.15, 0.2) is 47.4 Å². The average molecular weight is 275 g/mol. The van der Waals surface area contributed by atoms with Crippen LogP contribution in [-0.2, 0) is 6.54 Å². The summed E-state index contributed by atoms with van der Waals surface area (Å²) in [6.07, 6.45) is 2.97. The van der Waals surface area contributed by atoms with Gasteiger partial charge in [0, 0.05) is 24.2 Å². The van der Waals surface area contributed by atoms with Gasteiger partial charge in [-0.2, -0.15) is 0 Å². The van der Waals surface area contributed by atoms with Gasteiger partial charge in [0.25, 0.3) is 5.56 Å². The second-order valence-electron chi connectivity index (χ2n) is 5.93. The van der Waals surface area contributed by atoms with Crippen molar-refractivity contribution in [1.29, 1.82) is 0 Å². The van der Waals surface area contributed by atoms with Gasteiger partial charge in [-0.3, -0.25) is 14.3 Å². The van der Waals surface area contributed by atoms with E-state index in [1.165, 1.54) is 6.42 Å². The average Bonchev–Trinajstić information content (AvgIpc) is 3.22. The molecule has 1 saturated carbocycles. The Morgan fingerprint density at radius 3 is 3.00 bits per heavy atom. The van der Waals surface area contributed by atoms with Crippen LogP contribution < -0.4 is 5.56 Å². The lowest BCUT2D eigenvalue weighted by Crippen LogP contribution is -2.22. The van der Waals surface area contributed by atoms with Crippen molar-refractivity contribution >= 4 is 10.9 Å². The molecule has 2 aliphatic rings. The molecule has 0 radical (unpaired) electrons. The minimum absolute atomic E-state index is 0.106. The smallest absolute Gasteiger partial charge is 0.261 e. The van der Waals surface area contributed by atoms with E-state index in [-0.39, 0.29) is 5.56 Å². The number of aromatic nitrogens is 3. The van der Waals surface area contributed by atoms with E-state index in [2.05, 4.69) is 4.98 Å². The second kappa shape index (κ2) is 3.79. The second-order valence-corrected chi connectivity index (χ2v) is 5.93. The summed E-state index contributed by atoms with van der Waals surface area (Å²) >= 11 is 0. The predicted molar refractivity (Wildman–Crippen MR) is 80.1 cm³/mol. The molecule has 1 fully saturated rings. The predicted octanol–water partition coefficient (Wildman–Crippen LogP) is 2.58. The molecule has 0 amide bonds. The minimum atomic E-state index is 0.106. The minimum Gasteiger partial charge on any atom is -0.296 e. The third kappa shape index (κ3) is 1.53. The maximum atomic E-state index is 12.5. The fourth-order valence-electron chi connectivity index (χ4n) is 3.39. The van der Waals surface area contributed by atoms with Crippen molar-refractivity contribution < 1.29 is 0 Å². The Morgan fingerprint density at radius 2 is 2.14 bits per heavy atom. The fourth-order valence-corrected chi connectivity index (χ4v) is 3.39. The zero-order chi connectivity index (χ0) is 14.0. The normalized spacial score (nSPS) is 22.1. The first-order chi connectivity index (χ1) is 10.3. The first kappa shape index (κ1) is 11.2. The lowest BCUT2D eigenvalue weighted by Gasteiger charge is -2.08. The van der Waals surface area contributed by atoms with Crippen LogP contribution in [0.1, 0.15) is 18.2 Å². The highest BCUT2D eigenvalue weighted by Crippen LogP contribution is 2.52. The zero-order valence-corrected chi connectivity index (χ0v) is 11.4. The summed E-state index contributed by atoms with van der Waals surface area (Å²) in [6.45, 7) is 0.851. The van der Waals surface area contributed by atoms with Crippen LogP contribution in [0.3, 0.4) is 0 Å². The van der Waals surface area contributed by atoms with Gasteiger partial charge in [0.15, 0.2) is 0 Å². The number of benzene rings is 1. The van der Waals surface area contributed by atoms with E-state index in [0.29, 0.717) is 17.2 Å². The molecule has 1 aliphatic heterocycles. The first-order valence-electron chi connectivity index (χ1n) is 7.27. The van der Waals surface area contributed by atoms with E-state index in [9.17, 15) is 4.79 Å². The van der Waals surface area contributed by atoms with Crippen molar-refractivity contribution in [2.45, 2.75) is 18.9 Å².